The Kier molecular flexibility index (Phi) is 55.4. The van der Waals surface area contributed by atoms with Crippen molar-refractivity contribution in [1.82, 2.24) is 4.48 Å². The zero-order valence-corrected chi connectivity index (χ0v) is 32.7. The molecular weight excluding hydrogens is 842 g/mol. The second-order valence-electron chi connectivity index (χ2n) is 5.05. The third-order valence-electron chi connectivity index (χ3n) is 3.39. The number of fused-ring (bicyclic) bond motifs is 1. The van der Waals surface area contributed by atoms with Crippen LogP contribution in [-0.2, 0) is 75.0 Å². The molecule has 3 aromatic rings. The van der Waals surface area contributed by atoms with Crippen LogP contribution in [0.1, 0.15) is 52.3 Å². The van der Waals surface area contributed by atoms with Gasteiger partial charge in [-0.15, -0.1) is 0 Å². The van der Waals surface area contributed by atoms with Gasteiger partial charge in [0.1, 0.15) is 6.07 Å². The summed E-state index contributed by atoms with van der Waals surface area (Å²) in [6.07, 6.45) is 3.91. The Labute approximate surface area is 301 Å². The first-order chi connectivity index (χ1) is 16.0. The number of carbonyl (C=O) groups excluding carboxylic acids is 2. The van der Waals surface area contributed by atoms with Gasteiger partial charge < -0.3 is 39.9 Å². The molecule has 0 atom stereocenters. The molecule has 0 amide bonds. The van der Waals surface area contributed by atoms with Crippen molar-refractivity contribution in [1.29, 1.82) is 5.26 Å². The molecule has 196 valence electrons. The van der Waals surface area contributed by atoms with Crippen LogP contribution in [0.15, 0.2) is 48.5 Å². The minimum atomic E-state index is 0. The summed E-state index contributed by atoms with van der Waals surface area (Å²) in [6, 6.07) is 16.3. The Bertz CT molecular complexity index is 935. The van der Waals surface area contributed by atoms with E-state index in [1.54, 1.807) is 43.8 Å². The Morgan fingerprint density at radius 2 is 1.43 bits per heavy atom. The maximum Gasteiger partial charge on any atom is 0.230 e. The van der Waals surface area contributed by atoms with Gasteiger partial charge in [-0.1, -0.05) is 81.7 Å². The number of halogens is 2. The van der Waals surface area contributed by atoms with Gasteiger partial charge in [-0.2, -0.15) is 11.7 Å². The third-order valence-corrected chi connectivity index (χ3v) is 3.39. The van der Waals surface area contributed by atoms with Crippen LogP contribution in [0.5, 0.6) is 0 Å². The maximum absolute atomic E-state index is 10.5. The van der Waals surface area contributed by atoms with Gasteiger partial charge >= 0.3 is 0 Å². The van der Waals surface area contributed by atoms with Crippen molar-refractivity contribution >= 4 is 88.0 Å². The number of nitrogen functional groups attached to an aromatic ring is 1. The van der Waals surface area contributed by atoms with E-state index in [0.29, 0.717) is 23.4 Å². The van der Waals surface area contributed by atoms with Gasteiger partial charge in [0, 0.05) is 120 Å². The van der Waals surface area contributed by atoms with Gasteiger partial charge in [-0.05, 0) is 18.2 Å². The quantitative estimate of drug-likeness (QED) is 0.170. The van der Waals surface area contributed by atoms with E-state index in [-0.39, 0.29) is 86.0 Å². The van der Waals surface area contributed by atoms with Crippen LogP contribution in [0.4, 0.5) is 11.4 Å². The van der Waals surface area contributed by atoms with Gasteiger partial charge in [-0.3, -0.25) is 6.29 Å². The minimum absolute atomic E-state index is 0. The van der Waals surface area contributed by atoms with Crippen LogP contribution in [0.2, 0.25) is 0 Å². The molecule has 0 aliphatic rings. The van der Waals surface area contributed by atoms with Crippen molar-refractivity contribution in [3.8, 4) is 6.07 Å². The number of rotatable bonds is 3. The third kappa shape index (κ3) is 20.7. The molecule has 6 radical (unpaired) electrons. The molecule has 1 heterocycles. The van der Waals surface area contributed by atoms with Crippen molar-refractivity contribution in [2.75, 3.05) is 11.0 Å². The molecule has 1 aromatic heterocycles. The van der Waals surface area contributed by atoms with Gasteiger partial charge in [0.15, 0.2) is 0 Å². The number of hydrogen-bond acceptors (Lipinski definition) is 5. The average molecular weight is 876 g/mol. The number of anilines is 2. The summed E-state index contributed by atoms with van der Waals surface area (Å²) in [5, 5.41) is 11.7. The molecular formula is C25H34B2I2N4O2Y2-4. The number of nitriles is 1. The molecule has 3 N–H and O–H groups in total. The van der Waals surface area contributed by atoms with Crippen LogP contribution in [0.3, 0.4) is 0 Å². The van der Waals surface area contributed by atoms with E-state index in [1.165, 1.54) is 4.48 Å². The fraction of sp³-hybridized carbons (Fsp3) is 0.240. The zero-order chi connectivity index (χ0) is 26.2. The van der Waals surface area contributed by atoms with Gasteiger partial charge in [0.05, 0.1) is 5.56 Å². The summed E-state index contributed by atoms with van der Waals surface area (Å²) in [6.45, 7) is 9.76. The number of nitrogens with zero attached hydrogens (tertiary/aromatic N) is 2. The van der Waals surface area contributed by atoms with Crippen LogP contribution in [0.25, 0.3) is 10.9 Å². The van der Waals surface area contributed by atoms with E-state index in [9.17, 15) is 4.79 Å². The largest absolute Gasteiger partial charge is 0.542 e. The minimum Gasteiger partial charge on any atom is -0.542 e. The van der Waals surface area contributed by atoms with E-state index in [1.807, 2.05) is 58.0 Å². The van der Waals surface area contributed by atoms with Crippen LogP contribution < -0.4 is 11.0 Å². The number of benzene rings is 2. The number of nitrogens with two attached hydrogens (primary N) is 1. The first kappa shape index (κ1) is 53.5. The Morgan fingerprint density at radius 3 is 1.78 bits per heavy atom. The molecule has 0 aliphatic heterocycles. The van der Waals surface area contributed by atoms with E-state index >= 15 is 0 Å². The average Bonchev–Trinajstić information content (AvgIpc) is 3.17. The molecule has 37 heavy (non-hydrogen) atoms. The predicted octanol–water partition coefficient (Wildman–Crippen LogP) is 6.89. The summed E-state index contributed by atoms with van der Waals surface area (Å²) in [7, 11) is 10.7. The fourth-order valence-corrected chi connectivity index (χ4v) is 2.10. The van der Waals surface area contributed by atoms with Crippen LogP contribution in [0, 0.1) is 26.2 Å². The molecule has 2 aromatic carbocycles. The Balaban J connectivity index is -0.0000000678. The standard InChI is InChI=1S/C9H6BN2O.C7H5BN2.C3H5O.2C2H6.2CH3.I2.2Y/c10-12-7-4-2-1-3-6(7)9(11)8(12)5-13;8-10-7-4-2-1-3-6(7)5-9;1-2-3-4;2*1-2;;;1-2;;/h1-4H,11H2;1-4,10H;2H2,1H3;2*1-2H3;2*1H3;;;/q-1;;-1;;;2*-1;;;. The number of nitrogens with one attached hydrogen (secondary N) is 1. The molecule has 0 unspecified atom stereocenters. The van der Waals surface area contributed by atoms with Crippen molar-refractivity contribution in [2.45, 2.75) is 41.0 Å². The summed E-state index contributed by atoms with van der Waals surface area (Å²) < 4.78 is 1.25. The summed E-state index contributed by atoms with van der Waals surface area (Å²) in [4.78, 5) is 19.6. The molecule has 0 spiro atoms. The first-order valence-electron chi connectivity index (χ1n) is 10.0. The van der Waals surface area contributed by atoms with Crippen LogP contribution in [-0.4, -0.2) is 33.0 Å². The van der Waals surface area contributed by atoms with E-state index < -0.39 is 0 Å². The van der Waals surface area contributed by atoms with E-state index in [0.717, 1.165) is 10.9 Å². The topological polar surface area (TPSA) is 101 Å². The molecule has 0 saturated carbocycles. The number of hydrogen-bond donors (Lipinski definition) is 2. The molecule has 6 nitrogen and oxygen atoms in total. The summed E-state index contributed by atoms with van der Waals surface area (Å²) >= 11 is 4.24. The summed E-state index contributed by atoms with van der Waals surface area (Å²) in [5.74, 6) is 0. The predicted molar refractivity (Wildman–Crippen MR) is 172 cm³/mol. The second-order valence-corrected chi connectivity index (χ2v) is 5.05. The zero-order valence-electron chi connectivity index (χ0n) is 22.7. The number of aromatic nitrogens is 1. The molecule has 0 saturated heterocycles. The smallest absolute Gasteiger partial charge is 0.230 e. The maximum atomic E-state index is 10.5. The van der Waals surface area contributed by atoms with Gasteiger partial charge in [0.25, 0.3) is 0 Å². The first-order valence-corrected chi connectivity index (χ1v) is 16.3. The molecule has 0 aliphatic carbocycles. The molecule has 0 fully saturated rings. The summed E-state index contributed by atoms with van der Waals surface area (Å²) in [5.41, 5.74) is 8.22. The van der Waals surface area contributed by atoms with Crippen molar-refractivity contribution in [2.24, 2.45) is 0 Å². The van der Waals surface area contributed by atoms with E-state index in [2.05, 4.69) is 42.5 Å². The molecule has 12 heteroatoms. The molecule has 3 rings (SSSR count). The Morgan fingerprint density at radius 1 is 1.00 bits per heavy atom. The fourth-order valence-electron chi connectivity index (χ4n) is 2.10. The van der Waals surface area contributed by atoms with Gasteiger partial charge in [0.2, 0.25) is 16.0 Å². The molecule has 0 bridgehead atoms. The number of para-hydroxylation sites is 2. The Hall–Kier alpha value is 0.208. The monoisotopic (exact) mass is 876 g/mol. The second kappa shape index (κ2) is 38.4. The van der Waals surface area contributed by atoms with Crippen molar-refractivity contribution < 1.29 is 75.0 Å². The van der Waals surface area contributed by atoms with Crippen molar-refractivity contribution in [3.63, 3.8) is 0 Å². The van der Waals surface area contributed by atoms with Crippen LogP contribution >= 0.6 is 37.2 Å². The van der Waals surface area contributed by atoms with E-state index in [4.69, 9.17) is 31.8 Å². The van der Waals surface area contributed by atoms with Gasteiger partial charge in [-0.25, -0.2) is 0 Å². The normalized spacial score (nSPS) is 7.08. The van der Waals surface area contributed by atoms with Crippen molar-refractivity contribution in [3.05, 3.63) is 74.6 Å². The SMILES string of the molecule is CC.CC.CC[C-]=O.II.[B]Nc1ccccc1C#N.[B]n1c([C-]=O)c(N)c2ccccc21.[CH3-].[CH3-].[Y].[Y].